The second-order valence-corrected chi connectivity index (χ2v) is 11.4. The first-order valence-electron chi connectivity index (χ1n) is 14.7. The van der Waals surface area contributed by atoms with Crippen LogP contribution < -0.4 is 10.2 Å². The van der Waals surface area contributed by atoms with Gasteiger partial charge in [0.1, 0.15) is 11.3 Å². The second kappa shape index (κ2) is 19.9. The molecular formula is C31H43ClN4O7S. The summed E-state index contributed by atoms with van der Waals surface area (Å²) in [7, 11) is 0. The highest BCUT2D eigenvalue weighted by molar-refractivity contribution is 7.16. The van der Waals surface area contributed by atoms with E-state index in [1.54, 1.807) is 6.07 Å². The van der Waals surface area contributed by atoms with Gasteiger partial charge in [-0.2, -0.15) is 0 Å². The van der Waals surface area contributed by atoms with Crippen molar-refractivity contribution in [1.82, 2.24) is 20.1 Å². The van der Waals surface area contributed by atoms with Crippen molar-refractivity contribution in [2.45, 2.75) is 40.0 Å². The summed E-state index contributed by atoms with van der Waals surface area (Å²) in [6, 6.07) is 11.2. The Morgan fingerprint density at radius 3 is 2.41 bits per heavy atom. The Hall–Kier alpha value is -3.29. The van der Waals surface area contributed by atoms with Gasteiger partial charge in [0.25, 0.3) is 0 Å². The number of halogens is 1. The first-order valence-corrected chi connectivity index (χ1v) is 15.9. The van der Waals surface area contributed by atoms with Gasteiger partial charge in [0.15, 0.2) is 0 Å². The molecule has 1 heterocycles. The fourth-order valence-electron chi connectivity index (χ4n) is 4.30. The molecule has 0 bridgehead atoms. The SMILES string of the molecule is CC(=O)C(=O)O.CCN(CC)CCN(CCNCCc1ccc(O)c2[nH]c(=O)sc12)C(=O)CCOCCc1cccc(Cl)c1. The van der Waals surface area contributed by atoms with Gasteiger partial charge in [-0.25, -0.2) is 4.79 Å². The number of hydrogen-bond donors (Lipinski definition) is 4. The molecule has 0 fully saturated rings. The number of fused-ring (bicyclic) bond motifs is 1. The van der Waals surface area contributed by atoms with Crippen LogP contribution in [0.4, 0.5) is 0 Å². The van der Waals surface area contributed by atoms with Gasteiger partial charge in [-0.1, -0.05) is 55.0 Å². The lowest BCUT2D eigenvalue weighted by atomic mass is 10.1. The third-order valence-electron chi connectivity index (χ3n) is 6.89. The van der Waals surface area contributed by atoms with Crippen LogP contribution in [0.1, 0.15) is 38.3 Å². The lowest BCUT2D eigenvalue weighted by Crippen LogP contribution is -2.42. The zero-order valence-corrected chi connectivity index (χ0v) is 27.1. The molecule has 0 saturated carbocycles. The number of thiazole rings is 1. The number of nitrogens with one attached hydrogen (secondary N) is 2. The van der Waals surface area contributed by atoms with E-state index in [9.17, 15) is 24.3 Å². The van der Waals surface area contributed by atoms with Crippen molar-refractivity contribution in [3.8, 4) is 5.75 Å². The largest absolute Gasteiger partial charge is 0.506 e. The second-order valence-electron chi connectivity index (χ2n) is 9.97. The number of carboxylic acids is 1. The quantitative estimate of drug-likeness (QED) is 0.120. The molecule has 0 unspecified atom stereocenters. The molecular weight excluding hydrogens is 608 g/mol. The molecule has 0 atom stereocenters. The molecule has 0 aliphatic carbocycles. The minimum absolute atomic E-state index is 0.0888. The van der Waals surface area contributed by atoms with E-state index >= 15 is 0 Å². The van der Waals surface area contributed by atoms with E-state index in [2.05, 4.69) is 29.0 Å². The van der Waals surface area contributed by atoms with E-state index < -0.39 is 11.8 Å². The summed E-state index contributed by atoms with van der Waals surface area (Å²) >= 11 is 7.15. The zero-order valence-electron chi connectivity index (χ0n) is 25.6. The van der Waals surface area contributed by atoms with Crippen LogP contribution in [0, 0.1) is 0 Å². The monoisotopic (exact) mass is 650 g/mol. The molecule has 0 saturated heterocycles. The Labute approximate surface area is 266 Å². The number of benzene rings is 2. The number of aromatic nitrogens is 1. The van der Waals surface area contributed by atoms with Crippen LogP contribution >= 0.6 is 22.9 Å². The summed E-state index contributed by atoms with van der Waals surface area (Å²) in [4.78, 5) is 50.4. The Morgan fingerprint density at radius 1 is 1.02 bits per heavy atom. The molecule has 242 valence electrons. The number of aliphatic carboxylic acids is 1. The molecule has 44 heavy (non-hydrogen) atoms. The number of likely N-dealkylation sites (N-methyl/N-ethyl adjacent to an activating group) is 1. The maximum absolute atomic E-state index is 13.0. The Balaban J connectivity index is 0.00000102. The molecule has 11 nitrogen and oxygen atoms in total. The fraction of sp³-hybridized carbons (Fsp3) is 0.484. The van der Waals surface area contributed by atoms with Crippen LogP contribution in [0.5, 0.6) is 5.75 Å². The molecule has 0 aliphatic rings. The van der Waals surface area contributed by atoms with E-state index in [-0.39, 0.29) is 16.5 Å². The number of carbonyl (C=O) groups is 3. The number of amides is 1. The third kappa shape index (κ3) is 13.1. The number of Topliss-reactive ketones (excluding diaryl/α,β-unsaturated/α-hetero) is 1. The number of aromatic amines is 1. The minimum atomic E-state index is -1.38. The Kier molecular flexibility index (Phi) is 16.7. The normalized spacial score (nSPS) is 10.9. The maximum Gasteiger partial charge on any atom is 0.371 e. The molecule has 1 amide bonds. The highest BCUT2D eigenvalue weighted by Crippen LogP contribution is 2.27. The smallest absolute Gasteiger partial charge is 0.371 e. The lowest BCUT2D eigenvalue weighted by molar-refractivity contribution is -0.148. The van der Waals surface area contributed by atoms with Gasteiger partial charge >= 0.3 is 10.8 Å². The minimum Gasteiger partial charge on any atom is -0.506 e. The number of carboxylic acid groups (broad SMARTS) is 1. The Morgan fingerprint density at radius 2 is 1.75 bits per heavy atom. The molecule has 0 radical (unpaired) electrons. The van der Waals surface area contributed by atoms with Crippen molar-refractivity contribution in [3.63, 3.8) is 0 Å². The van der Waals surface area contributed by atoms with E-state index in [1.807, 2.05) is 35.2 Å². The number of nitrogens with zero attached hydrogens (tertiary/aromatic N) is 2. The maximum atomic E-state index is 13.0. The predicted octanol–water partition coefficient (Wildman–Crippen LogP) is 3.56. The molecule has 3 aromatic rings. The van der Waals surface area contributed by atoms with Gasteiger partial charge in [-0.3, -0.25) is 14.4 Å². The van der Waals surface area contributed by atoms with E-state index in [0.717, 1.165) is 66.6 Å². The fourth-order valence-corrected chi connectivity index (χ4v) is 5.41. The van der Waals surface area contributed by atoms with Crippen LogP contribution in [0.3, 0.4) is 0 Å². The average Bonchev–Trinajstić information content (AvgIpc) is 3.40. The number of carbonyl (C=O) groups excluding carboxylic acids is 2. The zero-order chi connectivity index (χ0) is 32.5. The lowest BCUT2D eigenvalue weighted by Gasteiger charge is -2.27. The number of phenols is 1. The number of H-pyrrole nitrogens is 1. The number of rotatable bonds is 18. The van der Waals surface area contributed by atoms with Crippen LogP contribution in [0.25, 0.3) is 10.2 Å². The summed E-state index contributed by atoms with van der Waals surface area (Å²) in [5.41, 5.74) is 2.63. The average molecular weight is 651 g/mol. The van der Waals surface area contributed by atoms with E-state index in [4.69, 9.17) is 21.4 Å². The van der Waals surface area contributed by atoms with E-state index in [0.29, 0.717) is 56.4 Å². The highest BCUT2D eigenvalue weighted by Gasteiger charge is 2.15. The van der Waals surface area contributed by atoms with Crippen molar-refractivity contribution < 1.29 is 29.3 Å². The number of hydrogen-bond acceptors (Lipinski definition) is 9. The van der Waals surface area contributed by atoms with Gasteiger partial charge in [0, 0.05) is 38.1 Å². The number of ketones is 1. The summed E-state index contributed by atoms with van der Waals surface area (Å²) in [5.74, 6) is -2.02. The highest BCUT2D eigenvalue weighted by atomic mass is 35.5. The molecule has 0 spiro atoms. The van der Waals surface area contributed by atoms with Crippen LogP contribution in [0.2, 0.25) is 5.02 Å². The van der Waals surface area contributed by atoms with Crippen LogP contribution in [-0.4, -0.2) is 102 Å². The molecule has 3 rings (SSSR count). The van der Waals surface area contributed by atoms with E-state index in [1.165, 1.54) is 0 Å². The Bertz CT molecular complexity index is 1400. The van der Waals surface area contributed by atoms with Crippen LogP contribution in [-0.2, 0) is 32.0 Å². The number of aromatic hydroxyl groups is 1. The summed E-state index contributed by atoms with van der Waals surface area (Å²) < 4.78 is 6.54. The summed E-state index contributed by atoms with van der Waals surface area (Å²) in [6.07, 6.45) is 1.83. The van der Waals surface area contributed by atoms with Crippen molar-refractivity contribution in [1.29, 1.82) is 0 Å². The van der Waals surface area contributed by atoms with Crippen molar-refractivity contribution >= 4 is 50.8 Å². The molecule has 0 aliphatic heterocycles. The molecule has 2 aromatic carbocycles. The first kappa shape index (κ1) is 36.9. The van der Waals surface area contributed by atoms with Gasteiger partial charge in [-0.15, -0.1) is 0 Å². The van der Waals surface area contributed by atoms with Gasteiger partial charge in [0.05, 0.1) is 24.3 Å². The predicted molar refractivity (Wildman–Crippen MR) is 174 cm³/mol. The van der Waals surface area contributed by atoms with Gasteiger partial charge in [-0.05, 0) is 61.8 Å². The summed E-state index contributed by atoms with van der Waals surface area (Å²) in [5, 5.41) is 21.8. The first-order chi connectivity index (χ1) is 21.0. The van der Waals surface area contributed by atoms with Crippen molar-refractivity contribution in [2.24, 2.45) is 0 Å². The van der Waals surface area contributed by atoms with Crippen LogP contribution in [0.15, 0.2) is 41.2 Å². The van der Waals surface area contributed by atoms with Crippen molar-refractivity contribution in [2.75, 3.05) is 59.0 Å². The third-order valence-corrected chi connectivity index (χ3v) is 8.08. The van der Waals surface area contributed by atoms with Gasteiger partial charge in [0.2, 0.25) is 11.7 Å². The van der Waals surface area contributed by atoms with Crippen molar-refractivity contribution in [3.05, 3.63) is 62.2 Å². The summed E-state index contributed by atoms with van der Waals surface area (Å²) in [6.45, 7) is 11.6. The number of phenolic OH excluding ortho intramolecular Hbond substituents is 1. The molecule has 1 aromatic heterocycles. The molecule has 13 heteroatoms. The molecule has 4 N–H and O–H groups in total. The number of ether oxygens (including phenoxy) is 1. The topological polar surface area (TPSA) is 152 Å². The standard InChI is InChI=1S/C28H39ClN4O4S.C3H4O3/c1-3-32(4-2)16-17-33(25(35)12-19-37-18-11-21-6-5-7-23(29)20-21)15-14-30-13-10-22-8-9-24(34)26-27(22)38-28(36)31-26;1-2(4)3(5)6/h5-9,20,30,34H,3-4,10-19H2,1-2H3,(H,31,36);1H3,(H,5,6). The van der Waals surface area contributed by atoms with Gasteiger partial charge < -0.3 is 35.1 Å².